The number of nitrogens with zero attached hydrogens (tertiary/aromatic N) is 1. The minimum Gasteiger partial charge on any atom is -0.354 e. The number of amides is 2. The molecule has 0 radical (unpaired) electrons. The molecule has 0 spiro atoms. The molecule has 0 bridgehead atoms. The van der Waals surface area contributed by atoms with E-state index < -0.39 is 6.04 Å². The van der Waals surface area contributed by atoms with E-state index >= 15 is 0 Å². The van der Waals surface area contributed by atoms with Crippen LogP contribution in [0.1, 0.15) is 31.4 Å². The Morgan fingerprint density at radius 3 is 2.47 bits per heavy atom. The van der Waals surface area contributed by atoms with Crippen LogP contribution in [0.2, 0.25) is 10.0 Å². The number of hydrogen-bond acceptors (Lipinski definition) is 3. The maximum absolute atomic E-state index is 13.0. The Morgan fingerprint density at radius 1 is 1.07 bits per heavy atom. The summed E-state index contributed by atoms with van der Waals surface area (Å²) in [6, 6.07) is 14.9. The first-order chi connectivity index (χ1) is 14.4. The van der Waals surface area contributed by atoms with Gasteiger partial charge in [0.1, 0.15) is 6.04 Å². The second-order valence-electron chi connectivity index (χ2n) is 7.03. The van der Waals surface area contributed by atoms with Crippen molar-refractivity contribution >= 4 is 46.8 Å². The molecular formula is C23H28Cl2N2O2S. The highest BCUT2D eigenvalue weighted by atomic mass is 35.5. The minimum absolute atomic E-state index is 0.0462. The molecule has 2 aromatic rings. The van der Waals surface area contributed by atoms with Crippen LogP contribution in [0.3, 0.4) is 0 Å². The molecule has 0 aliphatic carbocycles. The van der Waals surface area contributed by atoms with E-state index in [1.807, 2.05) is 49.4 Å². The molecule has 0 aliphatic heterocycles. The molecule has 7 heteroatoms. The van der Waals surface area contributed by atoms with Crippen LogP contribution in [-0.4, -0.2) is 41.6 Å². The summed E-state index contributed by atoms with van der Waals surface area (Å²) in [4.78, 5) is 27.1. The Hall–Kier alpha value is -1.69. The van der Waals surface area contributed by atoms with Crippen molar-refractivity contribution in [2.24, 2.45) is 0 Å². The highest BCUT2D eigenvalue weighted by molar-refractivity contribution is 7.99. The van der Waals surface area contributed by atoms with Crippen LogP contribution in [-0.2, 0) is 21.8 Å². The summed E-state index contributed by atoms with van der Waals surface area (Å²) in [7, 11) is 0. The van der Waals surface area contributed by atoms with Crippen molar-refractivity contribution in [2.75, 3.05) is 18.8 Å². The van der Waals surface area contributed by atoms with Crippen LogP contribution in [0.15, 0.2) is 48.5 Å². The third kappa shape index (κ3) is 7.86. The van der Waals surface area contributed by atoms with E-state index in [1.54, 1.807) is 17.9 Å². The van der Waals surface area contributed by atoms with Crippen LogP contribution in [0.4, 0.5) is 0 Å². The lowest BCUT2D eigenvalue weighted by atomic mass is 10.1. The quantitative estimate of drug-likeness (QED) is 0.494. The third-order valence-electron chi connectivity index (χ3n) is 4.68. The average Bonchev–Trinajstić information content (AvgIpc) is 2.75. The van der Waals surface area contributed by atoms with Crippen LogP contribution < -0.4 is 5.32 Å². The van der Waals surface area contributed by atoms with Crippen molar-refractivity contribution in [3.8, 4) is 0 Å². The number of halogens is 2. The molecule has 1 N–H and O–H groups in total. The summed E-state index contributed by atoms with van der Waals surface area (Å²) in [5.41, 5.74) is 2.15. The summed E-state index contributed by atoms with van der Waals surface area (Å²) >= 11 is 13.5. The molecule has 0 saturated carbocycles. The van der Waals surface area contributed by atoms with Gasteiger partial charge in [0.25, 0.3) is 0 Å². The molecule has 0 heterocycles. The average molecular weight is 467 g/mol. The van der Waals surface area contributed by atoms with Gasteiger partial charge in [0.05, 0.1) is 15.8 Å². The molecule has 1 atom stereocenters. The number of rotatable bonds is 11. The molecule has 4 nitrogen and oxygen atoms in total. The maximum atomic E-state index is 13.0. The van der Waals surface area contributed by atoms with Crippen molar-refractivity contribution in [1.82, 2.24) is 10.2 Å². The molecule has 2 amide bonds. The van der Waals surface area contributed by atoms with Crippen molar-refractivity contribution < 1.29 is 9.59 Å². The smallest absolute Gasteiger partial charge is 0.242 e. The third-order valence-corrected chi connectivity index (χ3v) is 6.41. The van der Waals surface area contributed by atoms with Crippen LogP contribution in [0, 0.1) is 0 Å². The zero-order valence-electron chi connectivity index (χ0n) is 17.4. The zero-order chi connectivity index (χ0) is 21.9. The van der Waals surface area contributed by atoms with Crippen LogP contribution >= 0.6 is 35.0 Å². The van der Waals surface area contributed by atoms with Gasteiger partial charge in [-0.2, -0.15) is 0 Å². The molecule has 162 valence electrons. The fourth-order valence-corrected chi connectivity index (χ4v) is 4.11. The molecule has 1 unspecified atom stereocenters. The van der Waals surface area contributed by atoms with Crippen LogP contribution in [0.25, 0.3) is 0 Å². The molecular weight excluding hydrogens is 439 g/mol. The minimum atomic E-state index is -0.515. The van der Waals surface area contributed by atoms with Gasteiger partial charge >= 0.3 is 0 Å². The monoisotopic (exact) mass is 466 g/mol. The van der Waals surface area contributed by atoms with Gasteiger partial charge in [-0.15, -0.1) is 11.8 Å². The summed E-state index contributed by atoms with van der Waals surface area (Å²) in [5, 5.41) is 3.91. The Morgan fingerprint density at radius 2 is 1.80 bits per heavy atom. The highest BCUT2D eigenvalue weighted by Crippen LogP contribution is 2.24. The van der Waals surface area contributed by atoms with Gasteiger partial charge in [0.2, 0.25) is 11.8 Å². The standard InChI is InChI=1S/C23H28Cl2N2O2S/c1-3-12-26-23(29)17(2)27(13-11-18-7-5-4-6-8-18)22(28)16-30-15-19-9-10-20(24)21(25)14-19/h4-10,14,17H,3,11-13,15-16H2,1-2H3,(H,26,29). The van der Waals surface area contributed by atoms with E-state index in [1.165, 1.54) is 11.8 Å². The molecule has 2 rings (SSSR count). The van der Waals surface area contributed by atoms with Crippen molar-refractivity contribution in [3.63, 3.8) is 0 Å². The van der Waals surface area contributed by atoms with Crippen molar-refractivity contribution in [1.29, 1.82) is 0 Å². The maximum Gasteiger partial charge on any atom is 0.242 e. The molecule has 0 fully saturated rings. The van der Waals surface area contributed by atoms with Gasteiger partial charge in [-0.25, -0.2) is 0 Å². The normalized spacial score (nSPS) is 11.7. The predicted molar refractivity (Wildman–Crippen MR) is 127 cm³/mol. The van der Waals surface area contributed by atoms with E-state index in [0.717, 1.165) is 17.5 Å². The summed E-state index contributed by atoms with van der Waals surface area (Å²) < 4.78 is 0. The second kappa shape index (κ2) is 12.9. The fourth-order valence-electron chi connectivity index (χ4n) is 2.93. The molecule has 0 saturated heterocycles. The number of hydrogen-bond donors (Lipinski definition) is 1. The lowest BCUT2D eigenvalue weighted by molar-refractivity contribution is -0.137. The number of benzene rings is 2. The fraction of sp³-hybridized carbons (Fsp3) is 0.391. The SMILES string of the molecule is CCCNC(=O)C(C)N(CCc1ccccc1)C(=O)CSCc1ccc(Cl)c(Cl)c1. The van der Waals surface area contributed by atoms with Crippen molar-refractivity contribution in [3.05, 3.63) is 69.7 Å². The Kier molecular flexibility index (Phi) is 10.6. The molecule has 0 aliphatic rings. The zero-order valence-corrected chi connectivity index (χ0v) is 19.7. The van der Waals surface area contributed by atoms with Gasteiger partial charge in [0, 0.05) is 18.8 Å². The van der Waals surface area contributed by atoms with Crippen molar-refractivity contribution in [2.45, 2.75) is 38.5 Å². The first kappa shape index (κ1) is 24.6. The van der Waals surface area contributed by atoms with Gasteiger partial charge in [-0.3, -0.25) is 9.59 Å². The van der Waals surface area contributed by atoms with E-state index in [9.17, 15) is 9.59 Å². The molecule has 30 heavy (non-hydrogen) atoms. The van der Waals surface area contributed by atoms with E-state index in [0.29, 0.717) is 41.1 Å². The Balaban J connectivity index is 1.98. The van der Waals surface area contributed by atoms with E-state index in [-0.39, 0.29) is 11.8 Å². The predicted octanol–water partition coefficient (Wildman–Crippen LogP) is 5.21. The highest BCUT2D eigenvalue weighted by Gasteiger charge is 2.25. The first-order valence-corrected chi connectivity index (χ1v) is 12.0. The number of carbonyl (C=O) groups excluding carboxylic acids is 2. The summed E-state index contributed by atoms with van der Waals surface area (Å²) in [6.45, 7) is 4.90. The summed E-state index contributed by atoms with van der Waals surface area (Å²) in [6.07, 6.45) is 1.56. The lowest BCUT2D eigenvalue weighted by Gasteiger charge is -2.28. The lowest BCUT2D eigenvalue weighted by Crippen LogP contribution is -2.49. The first-order valence-electron chi connectivity index (χ1n) is 10.0. The number of carbonyl (C=O) groups is 2. The molecule has 2 aromatic carbocycles. The van der Waals surface area contributed by atoms with Crippen LogP contribution in [0.5, 0.6) is 0 Å². The van der Waals surface area contributed by atoms with E-state index in [2.05, 4.69) is 5.32 Å². The van der Waals surface area contributed by atoms with Gasteiger partial charge in [0.15, 0.2) is 0 Å². The van der Waals surface area contributed by atoms with E-state index in [4.69, 9.17) is 23.2 Å². The Bertz CT molecular complexity index is 833. The topological polar surface area (TPSA) is 49.4 Å². The number of thioether (sulfide) groups is 1. The largest absolute Gasteiger partial charge is 0.354 e. The van der Waals surface area contributed by atoms with Gasteiger partial charge in [-0.1, -0.05) is 66.5 Å². The van der Waals surface area contributed by atoms with Gasteiger partial charge < -0.3 is 10.2 Å². The van der Waals surface area contributed by atoms with Gasteiger partial charge in [-0.05, 0) is 43.0 Å². The number of nitrogens with one attached hydrogen (secondary N) is 1. The molecule has 0 aromatic heterocycles. The summed E-state index contributed by atoms with van der Waals surface area (Å²) in [5.74, 6) is 0.773. The Labute approximate surface area is 193 Å². The second-order valence-corrected chi connectivity index (χ2v) is 8.83.